The topological polar surface area (TPSA) is 46.3 Å². The lowest BCUT2D eigenvalue weighted by Crippen LogP contribution is -2.45. The van der Waals surface area contributed by atoms with Crippen LogP contribution in [0.1, 0.15) is 25.1 Å². The van der Waals surface area contributed by atoms with Gasteiger partial charge in [-0.15, -0.1) is 11.3 Å². The summed E-state index contributed by atoms with van der Waals surface area (Å²) in [5, 5.41) is 2.02. The molecular formula is C12H20N2OS. The Balaban J connectivity index is 2.53. The molecule has 0 bridgehead atoms. The van der Waals surface area contributed by atoms with E-state index in [0.717, 1.165) is 6.42 Å². The van der Waals surface area contributed by atoms with Gasteiger partial charge in [0.15, 0.2) is 0 Å². The number of nitrogens with zero attached hydrogens (tertiary/aromatic N) is 1. The highest BCUT2D eigenvalue weighted by molar-refractivity contribution is 7.09. The summed E-state index contributed by atoms with van der Waals surface area (Å²) in [7, 11) is 1.81. The maximum absolute atomic E-state index is 12.0. The average molecular weight is 240 g/mol. The summed E-state index contributed by atoms with van der Waals surface area (Å²) in [6.07, 6.45) is 0.930. The molecule has 1 heterocycles. The molecule has 0 saturated heterocycles. The molecule has 2 N–H and O–H groups in total. The minimum Gasteiger partial charge on any atom is -0.339 e. The molecule has 0 aliphatic heterocycles. The van der Waals surface area contributed by atoms with Crippen molar-refractivity contribution in [3.63, 3.8) is 0 Å². The zero-order chi connectivity index (χ0) is 12.1. The largest absolute Gasteiger partial charge is 0.339 e. The molecule has 0 aliphatic rings. The second-order valence-electron chi connectivity index (χ2n) is 4.18. The van der Waals surface area contributed by atoms with E-state index in [0.29, 0.717) is 6.54 Å². The highest BCUT2D eigenvalue weighted by Gasteiger charge is 2.22. The lowest BCUT2D eigenvalue weighted by molar-refractivity contribution is -0.132. The number of nitrogens with two attached hydrogens (primary N) is 1. The molecule has 1 rings (SSSR count). The van der Waals surface area contributed by atoms with Crippen LogP contribution in [0.2, 0.25) is 0 Å². The van der Waals surface area contributed by atoms with Crippen LogP contribution in [0.15, 0.2) is 17.5 Å². The van der Waals surface area contributed by atoms with Crippen molar-refractivity contribution in [2.45, 2.75) is 32.9 Å². The number of amides is 1. The number of carbonyl (C=O) groups excluding carboxylic acids is 1. The molecule has 4 heteroatoms. The van der Waals surface area contributed by atoms with Gasteiger partial charge in [0.2, 0.25) is 5.91 Å². The van der Waals surface area contributed by atoms with Gasteiger partial charge in [-0.25, -0.2) is 0 Å². The first-order valence-corrected chi connectivity index (χ1v) is 6.47. The summed E-state index contributed by atoms with van der Waals surface area (Å²) in [4.78, 5) is 14.9. The van der Waals surface area contributed by atoms with Gasteiger partial charge in [-0.3, -0.25) is 4.79 Å². The number of carbonyl (C=O) groups is 1. The predicted octanol–water partition coefficient (Wildman–Crippen LogP) is 2.08. The van der Waals surface area contributed by atoms with Crippen LogP contribution in [0.5, 0.6) is 0 Å². The lowest BCUT2D eigenvalue weighted by Gasteiger charge is -2.24. The van der Waals surface area contributed by atoms with Crippen molar-refractivity contribution in [3.8, 4) is 0 Å². The van der Waals surface area contributed by atoms with Crippen LogP contribution in [0.4, 0.5) is 0 Å². The SMILES string of the molecule is CCC(C)C(N)C(=O)N(C)Cc1cccs1. The van der Waals surface area contributed by atoms with Crippen LogP contribution in [-0.4, -0.2) is 23.9 Å². The van der Waals surface area contributed by atoms with E-state index in [1.54, 1.807) is 16.2 Å². The Morgan fingerprint density at radius 3 is 2.81 bits per heavy atom. The van der Waals surface area contributed by atoms with E-state index in [1.165, 1.54) is 4.88 Å². The fourth-order valence-corrected chi connectivity index (χ4v) is 2.22. The van der Waals surface area contributed by atoms with E-state index >= 15 is 0 Å². The molecule has 0 radical (unpaired) electrons. The molecule has 0 spiro atoms. The summed E-state index contributed by atoms with van der Waals surface area (Å²) < 4.78 is 0. The number of thiophene rings is 1. The molecule has 0 aromatic carbocycles. The molecule has 0 aliphatic carbocycles. The van der Waals surface area contributed by atoms with E-state index in [4.69, 9.17) is 5.73 Å². The third-order valence-electron chi connectivity index (χ3n) is 2.89. The molecule has 1 aromatic rings. The van der Waals surface area contributed by atoms with Crippen molar-refractivity contribution in [2.75, 3.05) is 7.05 Å². The fourth-order valence-electron chi connectivity index (χ4n) is 1.47. The molecule has 90 valence electrons. The molecule has 0 fully saturated rings. The summed E-state index contributed by atoms with van der Waals surface area (Å²) in [6, 6.07) is 3.64. The van der Waals surface area contributed by atoms with E-state index in [2.05, 4.69) is 6.92 Å². The molecule has 1 aromatic heterocycles. The van der Waals surface area contributed by atoms with Gasteiger partial charge in [-0.05, 0) is 17.4 Å². The Labute approximate surface area is 101 Å². The van der Waals surface area contributed by atoms with Crippen LogP contribution >= 0.6 is 11.3 Å². The van der Waals surface area contributed by atoms with Gasteiger partial charge in [-0.2, -0.15) is 0 Å². The van der Waals surface area contributed by atoms with Gasteiger partial charge in [0.25, 0.3) is 0 Å². The van der Waals surface area contributed by atoms with Crippen LogP contribution in [-0.2, 0) is 11.3 Å². The normalized spacial score (nSPS) is 14.5. The van der Waals surface area contributed by atoms with Crippen molar-refractivity contribution in [3.05, 3.63) is 22.4 Å². The molecule has 1 amide bonds. The highest BCUT2D eigenvalue weighted by Crippen LogP contribution is 2.13. The van der Waals surface area contributed by atoms with E-state index < -0.39 is 0 Å². The number of hydrogen-bond donors (Lipinski definition) is 1. The maximum atomic E-state index is 12.0. The highest BCUT2D eigenvalue weighted by atomic mass is 32.1. The van der Waals surface area contributed by atoms with Crippen molar-refractivity contribution in [1.29, 1.82) is 0 Å². The van der Waals surface area contributed by atoms with Crippen molar-refractivity contribution in [1.82, 2.24) is 4.90 Å². The van der Waals surface area contributed by atoms with E-state index in [1.807, 2.05) is 31.5 Å². The Kier molecular flexibility index (Phi) is 4.96. The van der Waals surface area contributed by atoms with Gasteiger partial charge >= 0.3 is 0 Å². The summed E-state index contributed by atoms with van der Waals surface area (Å²) in [5.41, 5.74) is 5.91. The van der Waals surface area contributed by atoms with Crippen LogP contribution in [0.3, 0.4) is 0 Å². The molecule has 16 heavy (non-hydrogen) atoms. The lowest BCUT2D eigenvalue weighted by atomic mass is 9.99. The summed E-state index contributed by atoms with van der Waals surface area (Å²) >= 11 is 1.66. The second kappa shape index (κ2) is 6.01. The fraction of sp³-hybridized carbons (Fsp3) is 0.583. The van der Waals surface area contributed by atoms with Crippen molar-refractivity contribution < 1.29 is 4.79 Å². The predicted molar refractivity (Wildman–Crippen MR) is 68.2 cm³/mol. The van der Waals surface area contributed by atoms with Crippen LogP contribution in [0, 0.1) is 5.92 Å². The van der Waals surface area contributed by atoms with E-state index in [-0.39, 0.29) is 17.9 Å². The molecule has 0 saturated carbocycles. The van der Waals surface area contributed by atoms with Gasteiger partial charge in [-0.1, -0.05) is 26.3 Å². The van der Waals surface area contributed by atoms with Crippen molar-refractivity contribution in [2.24, 2.45) is 11.7 Å². The summed E-state index contributed by atoms with van der Waals surface area (Å²) in [5.74, 6) is 0.265. The third kappa shape index (κ3) is 3.32. The zero-order valence-corrected chi connectivity index (χ0v) is 11.0. The minimum atomic E-state index is -0.380. The first-order chi connectivity index (χ1) is 7.56. The van der Waals surface area contributed by atoms with Crippen LogP contribution in [0.25, 0.3) is 0 Å². The average Bonchev–Trinajstić information content (AvgIpc) is 2.78. The first-order valence-electron chi connectivity index (χ1n) is 5.59. The van der Waals surface area contributed by atoms with Gasteiger partial charge in [0.05, 0.1) is 12.6 Å². The maximum Gasteiger partial charge on any atom is 0.239 e. The first kappa shape index (κ1) is 13.2. The van der Waals surface area contributed by atoms with Crippen molar-refractivity contribution >= 4 is 17.2 Å². The zero-order valence-electron chi connectivity index (χ0n) is 10.1. The van der Waals surface area contributed by atoms with Crippen LogP contribution < -0.4 is 5.73 Å². The number of hydrogen-bond acceptors (Lipinski definition) is 3. The monoisotopic (exact) mass is 240 g/mol. The minimum absolute atomic E-state index is 0.0303. The summed E-state index contributed by atoms with van der Waals surface area (Å²) in [6.45, 7) is 4.72. The number of rotatable bonds is 5. The number of likely N-dealkylation sites (N-methyl/N-ethyl adjacent to an activating group) is 1. The Morgan fingerprint density at radius 1 is 1.62 bits per heavy atom. The molecule has 2 atom stereocenters. The Morgan fingerprint density at radius 2 is 2.31 bits per heavy atom. The molecule has 3 nitrogen and oxygen atoms in total. The smallest absolute Gasteiger partial charge is 0.239 e. The van der Waals surface area contributed by atoms with E-state index in [9.17, 15) is 4.79 Å². The van der Waals surface area contributed by atoms with Gasteiger partial charge in [0, 0.05) is 11.9 Å². The quantitative estimate of drug-likeness (QED) is 0.856. The Bertz CT molecular complexity index is 324. The molecular weight excluding hydrogens is 220 g/mol. The van der Waals surface area contributed by atoms with Gasteiger partial charge in [0.1, 0.15) is 0 Å². The molecule has 2 unspecified atom stereocenters. The standard InChI is InChI=1S/C12H20N2OS/c1-4-9(2)11(13)12(15)14(3)8-10-6-5-7-16-10/h5-7,9,11H,4,8,13H2,1-3H3. The van der Waals surface area contributed by atoms with Gasteiger partial charge < -0.3 is 10.6 Å². The Hall–Kier alpha value is -0.870. The third-order valence-corrected chi connectivity index (χ3v) is 3.75. The second-order valence-corrected chi connectivity index (χ2v) is 5.22.